The van der Waals surface area contributed by atoms with E-state index in [0.717, 1.165) is 27.7 Å². The maximum Gasteiger partial charge on any atom is 0.112 e. The van der Waals surface area contributed by atoms with E-state index >= 15 is 0 Å². The highest BCUT2D eigenvalue weighted by Crippen LogP contribution is 2.25. The van der Waals surface area contributed by atoms with E-state index in [1.54, 1.807) is 0 Å². The average molecular weight is 328 g/mol. The van der Waals surface area contributed by atoms with Crippen LogP contribution in [0.1, 0.15) is 5.56 Å². The molecule has 2 aromatic heterocycles. The van der Waals surface area contributed by atoms with Crippen LogP contribution in [-0.4, -0.2) is 17.0 Å². The van der Waals surface area contributed by atoms with Gasteiger partial charge in [-0.15, -0.1) is 0 Å². The highest BCUT2D eigenvalue weighted by Gasteiger charge is 2.08. The first-order valence-electron chi connectivity index (χ1n) is 6.39. The molecule has 3 nitrogen and oxygen atoms in total. The first kappa shape index (κ1) is 13.1. The number of fused-ring (bicyclic) bond motifs is 1. The molecule has 0 bridgehead atoms. The molecule has 0 aliphatic heterocycles. The Labute approximate surface area is 126 Å². The minimum absolute atomic E-state index is 0.845. The molecule has 0 unspecified atom stereocenters. The van der Waals surface area contributed by atoms with Crippen molar-refractivity contribution in [1.29, 1.82) is 0 Å². The molecular formula is C16H14BrN3. The summed E-state index contributed by atoms with van der Waals surface area (Å²) in [5.41, 5.74) is 4.19. The molecule has 20 heavy (non-hydrogen) atoms. The fourth-order valence-electron chi connectivity index (χ4n) is 2.24. The highest BCUT2D eigenvalue weighted by molar-refractivity contribution is 9.10. The largest absolute Gasteiger partial charge is 0.368 e. The van der Waals surface area contributed by atoms with Gasteiger partial charge in [-0.05, 0) is 33.6 Å². The maximum atomic E-state index is 4.49. The first-order chi connectivity index (χ1) is 9.74. The molecule has 2 heterocycles. The van der Waals surface area contributed by atoms with Crippen molar-refractivity contribution in [3.8, 4) is 0 Å². The van der Waals surface area contributed by atoms with Crippen molar-refractivity contribution in [3.63, 3.8) is 0 Å². The van der Waals surface area contributed by atoms with Crippen LogP contribution in [0, 0.1) is 0 Å². The number of halogens is 1. The Hall–Kier alpha value is -1.94. The van der Waals surface area contributed by atoms with Crippen LogP contribution in [0.3, 0.4) is 0 Å². The number of hydrogen-bond donors (Lipinski definition) is 0. The second-order valence-corrected chi connectivity index (χ2v) is 5.61. The predicted octanol–water partition coefficient (Wildman–Crippen LogP) is 4.03. The van der Waals surface area contributed by atoms with Gasteiger partial charge in [0.05, 0.1) is 11.2 Å². The van der Waals surface area contributed by atoms with Crippen molar-refractivity contribution in [2.75, 3.05) is 11.9 Å². The zero-order chi connectivity index (χ0) is 13.9. The Balaban J connectivity index is 1.97. The van der Waals surface area contributed by atoms with Gasteiger partial charge in [0, 0.05) is 30.5 Å². The fourth-order valence-corrected chi connectivity index (χ4v) is 2.56. The van der Waals surface area contributed by atoms with Crippen LogP contribution in [0.5, 0.6) is 0 Å². The summed E-state index contributed by atoms with van der Waals surface area (Å²) in [5, 5.41) is 0. The average Bonchev–Trinajstić information content (AvgIpc) is 2.47. The number of aromatic nitrogens is 2. The van der Waals surface area contributed by atoms with Crippen LogP contribution in [-0.2, 0) is 6.54 Å². The second kappa shape index (κ2) is 5.59. The van der Waals surface area contributed by atoms with Gasteiger partial charge in [0.25, 0.3) is 0 Å². The monoisotopic (exact) mass is 327 g/mol. The fraction of sp³-hybridized carbons (Fsp3) is 0.125. The van der Waals surface area contributed by atoms with Gasteiger partial charge in [-0.1, -0.05) is 30.3 Å². The van der Waals surface area contributed by atoms with Gasteiger partial charge in [-0.25, -0.2) is 0 Å². The molecular weight excluding hydrogens is 314 g/mol. The molecule has 4 heteroatoms. The maximum absolute atomic E-state index is 4.49. The SMILES string of the molecule is CN(Cc1ccccc1)c1ccnc2cc(Br)cnc12. The molecule has 3 rings (SSSR count). The molecule has 100 valence electrons. The van der Waals surface area contributed by atoms with Gasteiger partial charge in [-0.3, -0.25) is 9.97 Å². The molecule has 0 atom stereocenters. The number of anilines is 1. The molecule has 0 spiro atoms. The number of rotatable bonds is 3. The molecule has 0 saturated heterocycles. The van der Waals surface area contributed by atoms with E-state index in [9.17, 15) is 0 Å². The normalized spacial score (nSPS) is 10.7. The quantitative estimate of drug-likeness (QED) is 0.727. The van der Waals surface area contributed by atoms with Crippen molar-refractivity contribution < 1.29 is 0 Å². The summed E-state index contributed by atoms with van der Waals surface area (Å²) in [5.74, 6) is 0. The molecule has 0 radical (unpaired) electrons. The van der Waals surface area contributed by atoms with E-state index in [1.165, 1.54) is 5.56 Å². The molecule has 0 fully saturated rings. The Morgan fingerprint density at radius 2 is 1.90 bits per heavy atom. The summed E-state index contributed by atoms with van der Waals surface area (Å²) in [7, 11) is 2.07. The van der Waals surface area contributed by atoms with Crippen molar-refractivity contribution in [2.45, 2.75) is 6.54 Å². The third-order valence-electron chi connectivity index (χ3n) is 3.20. The standard InChI is InChI=1S/C16H14BrN3/c1-20(11-12-5-3-2-4-6-12)15-7-8-18-14-9-13(17)10-19-16(14)15/h2-10H,11H2,1H3. The van der Waals surface area contributed by atoms with Crippen molar-refractivity contribution in [2.24, 2.45) is 0 Å². The van der Waals surface area contributed by atoms with Crippen LogP contribution < -0.4 is 4.90 Å². The zero-order valence-electron chi connectivity index (χ0n) is 11.1. The van der Waals surface area contributed by atoms with Crippen molar-refractivity contribution in [1.82, 2.24) is 9.97 Å². The minimum atomic E-state index is 0.845. The summed E-state index contributed by atoms with van der Waals surface area (Å²) < 4.78 is 0.945. The van der Waals surface area contributed by atoms with Gasteiger partial charge in [0.15, 0.2) is 0 Å². The van der Waals surface area contributed by atoms with E-state index in [-0.39, 0.29) is 0 Å². The summed E-state index contributed by atoms with van der Waals surface area (Å²) in [6.07, 6.45) is 3.64. The third kappa shape index (κ3) is 2.65. The predicted molar refractivity (Wildman–Crippen MR) is 85.8 cm³/mol. The van der Waals surface area contributed by atoms with Gasteiger partial charge >= 0.3 is 0 Å². The molecule has 0 aliphatic carbocycles. The van der Waals surface area contributed by atoms with E-state index < -0.39 is 0 Å². The lowest BCUT2D eigenvalue weighted by Crippen LogP contribution is -2.17. The van der Waals surface area contributed by atoms with Gasteiger partial charge in [-0.2, -0.15) is 0 Å². The molecule has 3 aromatic rings. The Morgan fingerprint density at radius 3 is 2.70 bits per heavy atom. The van der Waals surface area contributed by atoms with Crippen molar-refractivity contribution >= 4 is 32.7 Å². The van der Waals surface area contributed by atoms with E-state index in [1.807, 2.05) is 30.6 Å². The third-order valence-corrected chi connectivity index (χ3v) is 3.63. The summed E-state index contributed by atoms with van der Waals surface area (Å²) in [6.45, 7) is 0.845. The Morgan fingerprint density at radius 1 is 1.10 bits per heavy atom. The zero-order valence-corrected chi connectivity index (χ0v) is 12.7. The Kier molecular flexibility index (Phi) is 3.65. The van der Waals surface area contributed by atoms with Crippen molar-refractivity contribution in [3.05, 3.63) is 64.9 Å². The second-order valence-electron chi connectivity index (χ2n) is 4.69. The number of hydrogen-bond acceptors (Lipinski definition) is 3. The van der Waals surface area contributed by atoms with E-state index in [4.69, 9.17) is 0 Å². The lowest BCUT2D eigenvalue weighted by molar-refractivity contribution is 0.924. The van der Waals surface area contributed by atoms with Crippen LogP contribution in [0.25, 0.3) is 11.0 Å². The highest BCUT2D eigenvalue weighted by atomic mass is 79.9. The molecule has 1 aromatic carbocycles. The number of pyridine rings is 2. The topological polar surface area (TPSA) is 29.0 Å². The molecule has 0 saturated carbocycles. The van der Waals surface area contributed by atoms with Gasteiger partial charge < -0.3 is 4.90 Å². The summed E-state index contributed by atoms with van der Waals surface area (Å²) >= 11 is 3.43. The van der Waals surface area contributed by atoms with Crippen LogP contribution >= 0.6 is 15.9 Å². The van der Waals surface area contributed by atoms with Gasteiger partial charge in [0.2, 0.25) is 0 Å². The summed E-state index contributed by atoms with van der Waals surface area (Å²) in [4.78, 5) is 11.1. The molecule has 0 aliphatic rings. The molecule has 0 amide bonds. The number of nitrogens with zero attached hydrogens (tertiary/aromatic N) is 3. The first-order valence-corrected chi connectivity index (χ1v) is 7.18. The van der Waals surface area contributed by atoms with Crippen LogP contribution in [0.4, 0.5) is 5.69 Å². The summed E-state index contributed by atoms with van der Waals surface area (Å²) in [6, 6.07) is 14.4. The van der Waals surface area contributed by atoms with E-state index in [2.05, 4.69) is 62.1 Å². The minimum Gasteiger partial charge on any atom is -0.368 e. The smallest absolute Gasteiger partial charge is 0.112 e. The van der Waals surface area contributed by atoms with E-state index in [0.29, 0.717) is 0 Å². The van der Waals surface area contributed by atoms with Gasteiger partial charge in [0.1, 0.15) is 5.52 Å². The molecule has 0 N–H and O–H groups in total. The number of benzene rings is 1. The lowest BCUT2D eigenvalue weighted by Gasteiger charge is -2.20. The lowest BCUT2D eigenvalue weighted by atomic mass is 10.2. The Bertz CT molecular complexity index is 728. The van der Waals surface area contributed by atoms with Crippen LogP contribution in [0.15, 0.2) is 59.3 Å². The van der Waals surface area contributed by atoms with Crippen LogP contribution in [0.2, 0.25) is 0 Å².